The second-order valence-electron chi connectivity index (χ2n) is 6.48. The molecule has 27 heavy (non-hydrogen) atoms. The third-order valence-corrected chi connectivity index (χ3v) is 4.84. The zero-order chi connectivity index (χ0) is 19.1. The number of carbonyl (C=O) groups is 1. The lowest BCUT2D eigenvalue weighted by Crippen LogP contribution is -2.24. The topological polar surface area (TPSA) is 56.8 Å². The largest absolute Gasteiger partial charge is 0.493 e. The average molecular weight is 390 g/mol. The predicted molar refractivity (Wildman–Crippen MR) is 104 cm³/mol. The van der Waals surface area contributed by atoms with Gasteiger partial charge in [-0.1, -0.05) is 35.9 Å². The molecule has 0 aliphatic carbocycles. The minimum absolute atomic E-state index is 0.0826. The maximum absolute atomic E-state index is 12.2. The summed E-state index contributed by atoms with van der Waals surface area (Å²) in [5.41, 5.74) is 1.75. The minimum Gasteiger partial charge on any atom is -0.493 e. The van der Waals surface area contributed by atoms with Gasteiger partial charge in [0.25, 0.3) is 0 Å². The number of nitrogens with one attached hydrogen (secondary N) is 1. The van der Waals surface area contributed by atoms with E-state index in [0.29, 0.717) is 29.7 Å². The first-order valence-corrected chi connectivity index (χ1v) is 9.45. The van der Waals surface area contributed by atoms with Crippen molar-refractivity contribution in [2.45, 2.75) is 31.9 Å². The Bertz CT molecular complexity index is 775. The van der Waals surface area contributed by atoms with Gasteiger partial charge in [-0.15, -0.1) is 0 Å². The van der Waals surface area contributed by atoms with E-state index in [2.05, 4.69) is 5.32 Å². The molecule has 0 spiro atoms. The van der Waals surface area contributed by atoms with E-state index in [9.17, 15) is 4.79 Å². The molecule has 5 nitrogen and oxygen atoms in total. The fourth-order valence-electron chi connectivity index (χ4n) is 2.98. The number of carbonyl (C=O) groups excluding carboxylic acids is 1. The molecular weight excluding hydrogens is 366 g/mol. The van der Waals surface area contributed by atoms with Gasteiger partial charge in [-0.3, -0.25) is 4.79 Å². The number of benzene rings is 2. The van der Waals surface area contributed by atoms with Crippen LogP contribution in [0.3, 0.4) is 0 Å². The number of amides is 1. The third-order valence-electron chi connectivity index (χ3n) is 4.48. The molecule has 1 saturated heterocycles. The summed E-state index contributed by atoms with van der Waals surface area (Å²) in [6.07, 6.45) is 2.51. The highest BCUT2D eigenvalue weighted by molar-refractivity contribution is 6.31. The Morgan fingerprint density at radius 1 is 1.26 bits per heavy atom. The monoisotopic (exact) mass is 389 g/mol. The SMILES string of the molecule is COc1cc(CNC(=O)Cc2ccccc2Cl)ccc1OCC1CCCO1. The van der Waals surface area contributed by atoms with Crippen LogP contribution in [0.2, 0.25) is 5.02 Å². The van der Waals surface area contributed by atoms with Gasteiger partial charge in [0.05, 0.1) is 19.6 Å². The molecule has 1 amide bonds. The number of rotatable bonds is 8. The minimum atomic E-state index is -0.0826. The first-order valence-electron chi connectivity index (χ1n) is 9.07. The van der Waals surface area contributed by atoms with Crippen LogP contribution in [0, 0.1) is 0 Å². The van der Waals surface area contributed by atoms with Crippen molar-refractivity contribution in [3.63, 3.8) is 0 Å². The fourth-order valence-corrected chi connectivity index (χ4v) is 3.18. The van der Waals surface area contributed by atoms with Crippen molar-refractivity contribution in [2.75, 3.05) is 20.3 Å². The zero-order valence-corrected chi connectivity index (χ0v) is 16.1. The first-order chi connectivity index (χ1) is 13.2. The molecule has 2 aromatic rings. The Morgan fingerprint density at radius 3 is 2.85 bits per heavy atom. The van der Waals surface area contributed by atoms with E-state index in [0.717, 1.165) is 30.6 Å². The number of ether oxygens (including phenoxy) is 3. The molecule has 1 aliphatic rings. The van der Waals surface area contributed by atoms with Crippen LogP contribution in [-0.4, -0.2) is 32.3 Å². The van der Waals surface area contributed by atoms with E-state index in [1.807, 2.05) is 36.4 Å². The van der Waals surface area contributed by atoms with Gasteiger partial charge >= 0.3 is 0 Å². The highest BCUT2D eigenvalue weighted by Crippen LogP contribution is 2.29. The van der Waals surface area contributed by atoms with Crippen LogP contribution in [-0.2, 0) is 22.5 Å². The Hall–Kier alpha value is -2.24. The van der Waals surface area contributed by atoms with Gasteiger partial charge in [0, 0.05) is 18.2 Å². The molecule has 1 fully saturated rings. The average Bonchev–Trinajstić information content (AvgIpc) is 3.20. The van der Waals surface area contributed by atoms with Crippen molar-refractivity contribution in [3.05, 3.63) is 58.6 Å². The molecule has 1 N–H and O–H groups in total. The smallest absolute Gasteiger partial charge is 0.224 e. The molecule has 1 atom stereocenters. The maximum atomic E-state index is 12.2. The molecule has 3 rings (SSSR count). The van der Waals surface area contributed by atoms with Crippen molar-refractivity contribution in [1.29, 1.82) is 0 Å². The molecule has 1 heterocycles. The van der Waals surface area contributed by atoms with E-state index >= 15 is 0 Å². The fraction of sp³-hybridized carbons (Fsp3) is 0.381. The summed E-state index contributed by atoms with van der Waals surface area (Å²) in [5.74, 6) is 1.24. The lowest BCUT2D eigenvalue weighted by Gasteiger charge is -2.15. The molecule has 1 unspecified atom stereocenters. The lowest BCUT2D eigenvalue weighted by atomic mass is 10.1. The lowest BCUT2D eigenvalue weighted by molar-refractivity contribution is -0.120. The Kier molecular flexibility index (Phi) is 6.96. The van der Waals surface area contributed by atoms with Gasteiger partial charge in [-0.05, 0) is 42.2 Å². The molecule has 1 aliphatic heterocycles. The van der Waals surface area contributed by atoms with E-state index in [1.54, 1.807) is 13.2 Å². The Morgan fingerprint density at radius 2 is 2.11 bits per heavy atom. The summed E-state index contributed by atoms with van der Waals surface area (Å²) in [5, 5.41) is 3.51. The molecule has 6 heteroatoms. The molecular formula is C21H24ClNO4. The summed E-state index contributed by atoms with van der Waals surface area (Å²) in [7, 11) is 1.61. The van der Waals surface area contributed by atoms with Crippen molar-refractivity contribution in [3.8, 4) is 11.5 Å². The highest BCUT2D eigenvalue weighted by Gasteiger charge is 2.17. The van der Waals surface area contributed by atoms with Gasteiger partial charge < -0.3 is 19.5 Å². The summed E-state index contributed by atoms with van der Waals surface area (Å²) in [6, 6.07) is 13.0. The summed E-state index contributed by atoms with van der Waals surface area (Å²) in [6.45, 7) is 1.73. The van der Waals surface area contributed by atoms with Crippen molar-refractivity contribution >= 4 is 17.5 Å². The van der Waals surface area contributed by atoms with E-state index in [-0.39, 0.29) is 18.4 Å². The van der Waals surface area contributed by atoms with Crippen LogP contribution in [0.15, 0.2) is 42.5 Å². The second kappa shape index (κ2) is 9.62. The summed E-state index contributed by atoms with van der Waals surface area (Å²) < 4.78 is 16.8. The van der Waals surface area contributed by atoms with Crippen LogP contribution in [0.1, 0.15) is 24.0 Å². The Labute approximate surface area is 164 Å². The Balaban J connectivity index is 1.53. The zero-order valence-electron chi connectivity index (χ0n) is 15.4. The van der Waals surface area contributed by atoms with E-state index in [1.165, 1.54) is 0 Å². The summed E-state index contributed by atoms with van der Waals surface area (Å²) in [4.78, 5) is 12.2. The second-order valence-corrected chi connectivity index (χ2v) is 6.88. The van der Waals surface area contributed by atoms with Crippen molar-refractivity contribution < 1.29 is 19.0 Å². The first kappa shape index (κ1) is 19.5. The van der Waals surface area contributed by atoms with Crippen LogP contribution in [0.25, 0.3) is 0 Å². The van der Waals surface area contributed by atoms with Gasteiger partial charge in [-0.2, -0.15) is 0 Å². The van der Waals surface area contributed by atoms with Crippen LogP contribution < -0.4 is 14.8 Å². The number of halogens is 1. The summed E-state index contributed by atoms with van der Waals surface area (Å²) >= 11 is 6.10. The van der Waals surface area contributed by atoms with E-state index < -0.39 is 0 Å². The number of hydrogen-bond acceptors (Lipinski definition) is 4. The van der Waals surface area contributed by atoms with Crippen LogP contribution >= 0.6 is 11.6 Å². The molecule has 2 aromatic carbocycles. The predicted octanol–water partition coefficient (Wildman–Crippen LogP) is 3.77. The number of methoxy groups -OCH3 is 1. The van der Waals surface area contributed by atoms with Crippen LogP contribution in [0.4, 0.5) is 0 Å². The maximum Gasteiger partial charge on any atom is 0.224 e. The quantitative estimate of drug-likeness (QED) is 0.746. The normalized spacial score (nSPS) is 16.1. The third kappa shape index (κ3) is 5.62. The van der Waals surface area contributed by atoms with Gasteiger partial charge in [0.1, 0.15) is 6.61 Å². The molecule has 0 aromatic heterocycles. The molecule has 144 valence electrons. The van der Waals surface area contributed by atoms with Crippen LogP contribution in [0.5, 0.6) is 11.5 Å². The van der Waals surface area contributed by atoms with E-state index in [4.69, 9.17) is 25.8 Å². The highest BCUT2D eigenvalue weighted by atomic mass is 35.5. The van der Waals surface area contributed by atoms with Gasteiger partial charge in [0.15, 0.2) is 11.5 Å². The molecule has 0 bridgehead atoms. The molecule has 0 radical (unpaired) electrons. The molecule has 0 saturated carbocycles. The van der Waals surface area contributed by atoms with Gasteiger partial charge in [0.2, 0.25) is 5.91 Å². The van der Waals surface area contributed by atoms with Gasteiger partial charge in [-0.25, -0.2) is 0 Å². The van der Waals surface area contributed by atoms with Crippen molar-refractivity contribution in [1.82, 2.24) is 5.32 Å². The van der Waals surface area contributed by atoms with Crippen molar-refractivity contribution in [2.24, 2.45) is 0 Å². The number of hydrogen-bond donors (Lipinski definition) is 1. The standard InChI is InChI=1S/C21H24ClNO4/c1-25-20-11-15(8-9-19(20)27-14-17-6-4-10-26-17)13-23-21(24)12-16-5-2-3-7-18(16)22/h2-3,5,7-9,11,17H,4,6,10,12-14H2,1H3,(H,23,24).